The third kappa shape index (κ3) is 6.73. The lowest BCUT2D eigenvalue weighted by Crippen LogP contribution is -2.50. The second kappa shape index (κ2) is 9.73. The Morgan fingerprint density at radius 3 is 1.90 bits per heavy atom. The van der Waals surface area contributed by atoms with Crippen LogP contribution in [0.25, 0.3) is 0 Å². The van der Waals surface area contributed by atoms with Gasteiger partial charge in [-0.2, -0.15) is 0 Å². The summed E-state index contributed by atoms with van der Waals surface area (Å²) in [5, 5.41) is 13.9. The number of hydrogen-bond donors (Lipinski definition) is 2. The molecule has 0 fully saturated rings. The molecule has 0 aliphatic heterocycles. The largest absolute Gasteiger partial charge is 0.464 e. The van der Waals surface area contributed by atoms with Crippen molar-refractivity contribution in [2.24, 2.45) is 11.1 Å². The fraction of sp³-hybridized carbons (Fsp3) is 0.692. The highest BCUT2D eigenvalue weighted by atomic mass is 16.6. The van der Waals surface area contributed by atoms with Gasteiger partial charge in [0.15, 0.2) is 0 Å². The van der Waals surface area contributed by atoms with Crippen LogP contribution in [-0.2, 0) is 23.9 Å². The molecule has 0 rings (SSSR count). The second-order valence-corrected chi connectivity index (χ2v) is 4.56. The lowest BCUT2D eigenvalue weighted by Gasteiger charge is -2.16. The van der Waals surface area contributed by atoms with E-state index < -0.39 is 23.9 Å². The Bertz CT molecular complexity index is 387. The van der Waals surface area contributed by atoms with Crippen molar-refractivity contribution in [2.45, 2.75) is 40.2 Å². The lowest BCUT2D eigenvalue weighted by molar-refractivity contribution is -0.159. The number of nitrogens with zero attached hydrogens (tertiary/aromatic N) is 1. The molecule has 0 unspecified atom stereocenters. The van der Waals surface area contributed by atoms with E-state index in [9.17, 15) is 14.4 Å². The molecule has 2 N–H and O–H groups in total. The van der Waals surface area contributed by atoms with Crippen molar-refractivity contribution in [2.75, 3.05) is 13.2 Å². The predicted molar refractivity (Wildman–Crippen MR) is 73.9 cm³/mol. The van der Waals surface area contributed by atoms with Crippen molar-refractivity contribution in [1.29, 1.82) is 0 Å². The van der Waals surface area contributed by atoms with E-state index in [1.165, 1.54) is 0 Å². The molecule has 0 aromatic rings. The van der Waals surface area contributed by atoms with Crippen LogP contribution in [0.3, 0.4) is 0 Å². The summed E-state index contributed by atoms with van der Waals surface area (Å²) in [5.41, 5.74) is -0.177. The number of hydrogen-bond acceptors (Lipinski definition) is 7. The van der Waals surface area contributed by atoms with Crippen LogP contribution >= 0.6 is 0 Å². The average Bonchev–Trinajstić information content (AvgIpc) is 2.41. The van der Waals surface area contributed by atoms with Gasteiger partial charge in [0.2, 0.25) is 6.04 Å². The van der Waals surface area contributed by atoms with Crippen LogP contribution < -0.4 is 5.32 Å². The van der Waals surface area contributed by atoms with Gasteiger partial charge in [-0.05, 0) is 19.8 Å². The number of rotatable bonds is 8. The zero-order valence-corrected chi connectivity index (χ0v) is 12.7. The number of esters is 2. The molecule has 0 aromatic heterocycles. The smallest absolute Gasteiger partial charge is 0.340 e. The molecule has 0 aromatic carbocycles. The number of nitrogens with one attached hydrogen (secondary N) is 1. The van der Waals surface area contributed by atoms with Gasteiger partial charge in [0.1, 0.15) is 5.71 Å². The van der Waals surface area contributed by atoms with Gasteiger partial charge >= 0.3 is 11.9 Å². The first kappa shape index (κ1) is 18.9. The van der Waals surface area contributed by atoms with Crippen LogP contribution in [0.5, 0.6) is 0 Å². The van der Waals surface area contributed by atoms with Crippen molar-refractivity contribution in [1.82, 2.24) is 5.32 Å². The first-order chi connectivity index (χ1) is 9.87. The van der Waals surface area contributed by atoms with Crippen LogP contribution in [0, 0.1) is 5.92 Å². The van der Waals surface area contributed by atoms with Crippen LogP contribution in [-0.4, -0.2) is 48.0 Å². The van der Waals surface area contributed by atoms with Gasteiger partial charge in [-0.15, -0.1) is 0 Å². The molecule has 8 heteroatoms. The van der Waals surface area contributed by atoms with Crippen molar-refractivity contribution in [3.8, 4) is 0 Å². The van der Waals surface area contributed by atoms with Gasteiger partial charge in [0.05, 0.1) is 13.2 Å². The number of ether oxygens (including phenoxy) is 2. The van der Waals surface area contributed by atoms with E-state index in [0.29, 0.717) is 0 Å². The van der Waals surface area contributed by atoms with Crippen molar-refractivity contribution in [3.05, 3.63) is 0 Å². The van der Waals surface area contributed by atoms with Gasteiger partial charge in [-0.1, -0.05) is 19.0 Å². The summed E-state index contributed by atoms with van der Waals surface area (Å²) in [4.78, 5) is 35.3. The Hall–Kier alpha value is -2.12. The third-order valence-corrected chi connectivity index (χ3v) is 2.30. The summed E-state index contributed by atoms with van der Waals surface area (Å²) >= 11 is 0. The maximum Gasteiger partial charge on any atom is 0.340 e. The first-order valence-corrected chi connectivity index (χ1v) is 6.72. The van der Waals surface area contributed by atoms with Crippen LogP contribution in [0.15, 0.2) is 5.16 Å². The molecule has 0 spiro atoms. The van der Waals surface area contributed by atoms with Gasteiger partial charge < -0.3 is 20.0 Å². The minimum atomic E-state index is -1.58. The summed E-state index contributed by atoms with van der Waals surface area (Å²) in [6.07, 6.45) is 0.195. The quantitative estimate of drug-likeness (QED) is 0.221. The summed E-state index contributed by atoms with van der Waals surface area (Å²) in [6.45, 7) is 6.90. The van der Waals surface area contributed by atoms with Crippen molar-refractivity contribution < 1.29 is 29.1 Å². The standard InChI is InChI=1S/C13H22N2O6/c1-5-20-12(17)10(13(18)21-6-2)14-11(16)9(15-19)7-8(3)4/h8,10,19H,5-7H2,1-4H3,(H,14,16)/b15-9+. The van der Waals surface area contributed by atoms with Crippen LogP contribution in [0.4, 0.5) is 0 Å². The lowest BCUT2D eigenvalue weighted by atomic mass is 10.1. The summed E-state index contributed by atoms with van der Waals surface area (Å²) in [7, 11) is 0. The van der Waals surface area contributed by atoms with Crippen LogP contribution in [0.2, 0.25) is 0 Å². The minimum Gasteiger partial charge on any atom is -0.464 e. The fourth-order valence-electron chi connectivity index (χ4n) is 1.45. The number of oxime groups is 1. The number of carbonyl (C=O) groups excluding carboxylic acids is 3. The maximum atomic E-state index is 11.9. The van der Waals surface area contributed by atoms with Crippen molar-refractivity contribution >= 4 is 23.6 Å². The monoisotopic (exact) mass is 302 g/mol. The molecule has 0 aliphatic carbocycles. The molecule has 0 saturated heterocycles. The molecular formula is C13H22N2O6. The Balaban J connectivity index is 4.98. The summed E-state index contributed by atoms with van der Waals surface area (Å²) in [6, 6.07) is -1.58. The SMILES string of the molecule is CCOC(=O)C(NC(=O)/C(CC(C)C)=N/O)C(=O)OCC. The highest BCUT2D eigenvalue weighted by Crippen LogP contribution is 2.03. The number of amides is 1. The van der Waals surface area contributed by atoms with E-state index in [1.54, 1.807) is 13.8 Å². The molecular weight excluding hydrogens is 280 g/mol. The van der Waals surface area contributed by atoms with Gasteiger partial charge in [0.25, 0.3) is 5.91 Å². The average molecular weight is 302 g/mol. The first-order valence-electron chi connectivity index (χ1n) is 6.72. The van der Waals surface area contributed by atoms with E-state index in [1.807, 2.05) is 13.8 Å². The molecule has 0 saturated carbocycles. The molecule has 0 heterocycles. The van der Waals surface area contributed by atoms with E-state index >= 15 is 0 Å². The van der Waals surface area contributed by atoms with Crippen molar-refractivity contribution in [3.63, 3.8) is 0 Å². The Labute approximate surface area is 123 Å². The molecule has 1 amide bonds. The number of carbonyl (C=O) groups is 3. The maximum absolute atomic E-state index is 11.9. The van der Waals surface area contributed by atoms with E-state index in [2.05, 4.69) is 10.5 Å². The molecule has 0 atom stereocenters. The zero-order chi connectivity index (χ0) is 16.4. The molecule has 8 nitrogen and oxygen atoms in total. The minimum absolute atomic E-state index is 0.0531. The third-order valence-electron chi connectivity index (χ3n) is 2.30. The van der Waals surface area contributed by atoms with E-state index in [0.717, 1.165) is 0 Å². The van der Waals surface area contributed by atoms with Gasteiger partial charge in [0, 0.05) is 6.42 Å². The Morgan fingerprint density at radius 2 is 1.57 bits per heavy atom. The topological polar surface area (TPSA) is 114 Å². The van der Waals surface area contributed by atoms with Gasteiger partial charge in [-0.3, -0.25) is 4.79 Å². The fourth-order valence-corrected chi connectivity index (χ4v) is 1.45. The zero-order valence-electron chi connectivity index (χ0n) is 12.7. The molecule has 0 bridgehead atoms. The molecule has 120 valence electrons. The molecule has 21 heavy (non-hydrogen) atoms. The highest BCUT2D eigenvalue weighted by Gasteiger charge is 2.32. The van der Waals surface area contributed by atoms with E-state index in [-0.39, 0.29) is 31.3 Å². The van der Waals surface area contributed by atoms with E-state index in [4.69, 9.17) is 14.7 Å². The predicted octanol–water partition coefficient (Wildman–Crippen LogP) is 0.474. The van der Waals surface area contributed by atoms with Gasteiger partial charge in [-0.25, -0.2) is 9.59 Å². The molecule has 0 aliphatic rings. The summed E-state index contributed by atoms with van der Waals surface area (Å²) < 4.78 is 9.42. The highest BCUT2D eigenvalue weighted by molar-refractivity contribution is 6.39. The molecule has 0 radical (unpaired) electrons. The second-order valence-electron chi connectivity index (χ2n) is 4.56. The summed E-state index contributed by atoms with van der Waals surface area (Å²) in [5.74, 6) is -2.61. The normalized spacial score (nSPS) is 11.4. The Morgan fingerprint density at radius 1 is 1.10 bits per heavy atom. The van der Waals surface area contributed by atoms with Crippen LogP contribution in [0.1, 0.15) is 34.1 Å². The Kier molecular flexibility index (Phi) is 8.75.